The summed E-state index contributed by atoms with van der Waals surface area (Å²) in [5, 5.41) is 12.1. The van der Waals surface area contributed by atoms with E-state index in [-0.39, 0.29) is 11.6 Å². The van der Waals surface area contributed by atoms with E-state index >= 15 is 0 Å². The van der Waals surface area contributed by atoms with E-state index in [9.17, 15) is 35.8 Å². The molecule has 0 unspecified atom stereocenters. The van der Waals surface area contributed by atoms with Crippen LogP contribution in [0.2, 0.25) is 0 Å². The highest BCUT2D eigenvalue weighted by Crippen LogP contribution is 2.42. The molecule has 32 heavy (non-hydrogen) atoms. The monoisotopic (exact) mass is 459 g/mol. The Labute approximate surface area is 177 Å². The summed E-state index contributed by atoms with van der Waals surface area (Å²) in [7, 11) is 0. The topological polar surface area (TPSA) is 38.4 Å². The summed E-state index contributed by atoms with van der Waals surface area (Å²) in [5.41, 5.74) is -1.76. The third-order valence-electron chi connectivity index (χ3n) is 4.43. The van der Waals surface area contributed by atoms with Gasteiger partial charge in [0.15, 0.2) is 11.6 Å². The molecular formula is C22H14F7O3. The summed E-state index contributed by atoms with van der Waals surface area (Å²) in [4.78, 5) is 0. The highest BCUT2D eigenvalue weighted by molar-refractivity contribution is 5.72. The first kappa shape index (κ1) is 23.2. The molecule has 0 fully saturated rings. The number of aryl methyl sites for hydroxylation is 1. The van der Waals surface area contributed by atoms with Crippen molar-refractivity contribution in [2.24, 2.45) is 0 Å². The van der Waals surface area contributed by atoms with Crippen molar-refractivity contribution in [1.82, 2.24) is 0 Å². The molecule has 0 aromatic heterocycles. The SMILES string of the molecule is CCc1ccc(-c2c([O])cc(F)c(C(F)(F)Oc3ccc(OC(F)(F)F)cc3)c2F)cc1. The quantitative estimate of drug-likeness (QED) is 0.361. The second kappa shape index (κ2) is 8.60. The number of hydrogen-bond donors (Lipinski definition) is 0. The van der Waals surface area contributed by atoms with Crippen molar-refractivity contribution in [3.63, 3.8) is 0 Å². The lowest BCUT2D eigenvalue weighted by Gasteiger charge is -2.21. The molecule has 0 aliphatic carbocycles. The van der Waals surface area contributed by atoms with Crippen molar-refractivity contribution in [3.05, 3.63) is 77.4 Å². The largest absolute Gasteiger partial charge is 0.573 e. The zero-order valence-electron chi connectivity index (χ0n) is 16.3. The van der Waals surface area contributed by atoms with Gasteiger partial charge < -0.3 is 9.47 Å². The lowest BCUT2D eigenvalue weighted by atomic mass is 9.98. The Kier molecular flexibility index (Phi) is 6.25. The molecule has 0 amide bonds. The Balaban J connectivity index is 1.96. The van der Waals surface area contributed by atoms with Crippen LogP contribution in [0.3, 0.4) is 0 Å². The van der Waals surface area contributed by atoms with Gasteiger partial charge in [0, 0.05) is 6.07 Å². The zero-order valence-corrected chi connectivity index (χ0v) is 16.3. The van der Waals surface area contributed by atoms with Gasteiger partial charge in [-0.05, 0) is 41.8 Å². The first-order chi connectivity index (χ1) is 14.9. The average molecular weight is 459 g/mol. The minimum absolute atomic E-state index is 0.0320. The smallest absolute Gasteiger partial charge is 0.429 e. The molecule has 3 aromatic rings. The summed E-state index contributed by atoms with van der Waals surface area (Å²) in [6, 6.07) is 8.83. The molecule has 0 N–H and O–H groups in total. The summed E-state index contributed by atoms with van der Waals surface area (Å²) >= 11 is 0. The summed E-state index contributed by atoms with van der Waals surface area (Å²) in [6.07, 6.45) is -8.95. The van der Waals surface area contributed by atoms with E-state index in [4.69, 9.17) is 0 Å². The summed E-state index contributed by atoms with van der Waals surface area (Å²) in [5.74, 6) is -6.18. The minimum atomic E-state index is -5.00. The number of rotatable bonds is 6. The fourth-order valence-corrected chi connectivity index (χ4v) is 2.95. The number of alkyl halides is 5. The van der Waals surface area contributed by atoms with Gasteiger partial charge in [0.1, 0.15) is 22.9 Å². The van der Waals surface area contributed by atoms with Crippen molar-refractivity contribution < 1.29 is 45.3 Å². The molecule has 3 nitrogen and oxygen atoms in total. The van der Waals surface area contributed by atoms with E-state index in [1.165, 1.54) is 12.1 Å². The van der Waals surface area contributed by atoms with Crippen LogP contribution in [0.5, 0.6) is 17.2 Å². The Bertz CT molecular complexity index is 1090. The lowest BCUT2D eigenvalue weighted by Crippen LogP contribution is -2.25. The molecule has 0 spiro atoms. The highest BCUT2D eigenvalue weighted by atomic mass is 19.4. The van der Waals surface area contributed by atoms with Crippen LogP contribution in [-0.2, 0) is 17.6 Å². The van der Waals surface area contributed by atoms with Crippen LogP contribution in [0.15, 0.2) is 54.6 Å². The van der Waals surface area contributed by atoms with Crippen molar-refractivity contribution >= 4 is 0 Å². The molecule has 10 heteroatoms. The van der Waals surface area contributed by atoms with Gasteiger partial charge in [-0.3, -0.25) is 5.11 Å². The van der Waals surface area contributed by atoms with Crippen LogP contribution in [-0.4, -0.2) is 6.36 Å². The van der Waals surface area contributed by atoms with Gasteiger partial charge in [-0.15, -0.1) is 13.2 Å². The molecule has 0 aliphatic rings. The van der Waals surface area contributed by atoms with E-state index in [2.05, 4.69) is 9.47 Å². The Morgan fingerprint density at radius 3 is 1.84 bits per heavy atom. The van der Waals surface area contributed by atoms with Crippen molar-refractivity contribution in [3.8, 4) is 28.4 Å². The van der Waals surface area contributed by atoms with Gasteiger partial charge in [-0.1, -0.05) is 31.2 Å². The van der Waals surface area contributed by atoms with Gasteiger partial charge in [-0.2, -0.15) is 8.78 Å². The highest BCUT2D eigenvalue weighted by Gasteiger charge is 2.43. The molecule has 0 bridgehead atoms. The third kappa shape index (κ3) is 5.06. The van der Waals surface area contributed by atoms with Crippen LogP contribution < -0.4 is 9.47 Å². The van der Waals surface area contributed by atoms with Crippen LogP contribution in [0.1, 0.15) is 18.1 Å². The van der Waals surface area contributed by atoms with Crippen molar-refractivity contribution in [2.45, 2.75) is 25.8 Å². The maximum Gasteiger partial charge on any atom is 0.573 e. The molecule has 0 saturated heterocycles. The Morgan fingerprint density at radius 2 is 1.34 bits per heavy atom. The predicted molar refractivity (Wildman–Crippen MR) is 99.0 cm³/mol. The van der Waals surface area contributed by atoms with Crippen molar-refractivity contribution in [2.75, 3.05) is 0 Å². The molecule has 1 radical (unpaired) electrons. The van der Waals surface area contributed by atoms with E-state index in [1.807, 2.05) is 6.92 Å². The number of ether oxygens (including phenoxy) is 2. The van der Waals surface area contributed by atoms with Gasteiger partial charge in [0.25, 0.3) is 0 Å². The number of hydrogen-bond acceptors (Lipinski definition) is 2. The summed E-state index contributed by atoms with van der Waals surface area (Å²) in [6.45, 7) is 1.85. The molecule has 3 rings (SSSR count). The maximum atomic E-state index is 15.0. The predicted octanol–water partition coefficient (Wildman–Crippen LogP) is 7.36. The van der Waals surface area contributed by atoms with Gasteiger partial charge in [-0.25, -0.2) is 8.78 Å². The maximum absolute atomic E-state index is 15.0. The van der Waals surface area contributed by atoms with E-state index in [0.29, 0.717) is 30.7 Å². The fraction of sp³-hybridized carbons (Fsp3) is 0.182. The lowest BCUT2D eigenvalue weighted by molar-refractivity contribution is -0.274. The molecule has 0 atom stereocenters. The van der Waals surface area contributed by atoms with E-state index < -0.39 is 52.5 Å². The van der Waals surface area contributed by atoms with Crippen LogP contribution in [0.25, 0.3) is 11.1 Å². The number of benzene rings is 3. The van der Waals surface area contributed by atoms with Gasteiger partial charge in [0.2, 0.25) is 0 Å². The molecule has 3 aromatic carbocycles. The molecular weight excluding hydrogens is 445 g/mol. The first-order valence-corrected chi connectivity index (χ1v) is 9.12. The van der Waals surface area contributed by atoms with Gasteiger partial charge >= 0.3 is 12.5 Å². The molecule has 0 heterocycles. The average Bonchev–Trinajstić information content (AvgIpc) is 2.68. The van der Waals surface area contributed by atoms with E-state index in [0.717, 1.165) is 5.56 Å². The summed E-state index contributed by atoms with van der Waals surface area (Å²) < 4.78 is 103. The zero-order chi connectivity index (χ0) is 23.7. The van der Waals surface area contributed by atoms with Crippen LogP contribution in [0, 0.1) is 11.6 Å². The standard InChI is InChI=1S/C22H14F7O3/c1-2-12-3-5-13(6-4-12)18-17(30)11-16(23)19(20(18)24)21(25,26)31-14-7-9-15(10-8-14)32-22(27,28)29/h3-11H,2H2,1H3. The Morgan fingerprint density at radius 1 is 0.812 bits per heavy atom. The molecule has 169 valence electrons. The van der Waals surface area contributed by atoms with E-state index in [1.54, 1.807) is 12.1 Å². The second-order valence-corrected chi connectivity index (χ2v) is 6.61. The fourth-order valence-electron chi connectivity index (χ4n) is 2.95. The van der Waals surface area contributed by atoms with Crippen LogP contribution >= 0.6 is 0 Å². The van der Waals surface area contributed by atoms with Gasteiger partial charge in [0.05, 0.1) is 5.56 Å². The second-order valence-electron chi connectivity index (χ2n) is 6.61. The van der Waals surface area contributed by atoms with Crippen molar-refractivity contribution in [1.29, 1.82) is 0 Å². The molecule has 0 aliphatic heterocycles. The van der Waals surface area contributed by atoms with Crippen LogP contribution in [0.4, 0.5) is 30.7 Å². The minimum Gasteiger partial charge on any atom is -0.429 e. The first-order valence-electron chi connectivity index (χ1n) is 9.12. The Hall–Kier alpha value is -3.43. The third-order valence-corrected chi connectivity index (χ3v) is 4.43. The number of halogens is 7. The molecule has 0 saturated carbocycles. The normalized spacial score (nSPS) is 12.0.